The minimum atomic E-state index is 0.183. The van der Waals surface area contributed by atoms with Gasteiger partial charge in [0.25, 0.3) is 0 Å². The van der Waals surface area contributed by atoms with E-state index in [-0.39, 0.29) is 5.41 Å². The number of nitrogens with zero attached hydrogens (tertiary/aromatic N) is 2. The van der Waals surface area contributed by atoms with E-state index in [4.69, 9.17) is 11.6 Å². The van der Waals surface area contributed by atoms with Crippen LogP contribution in [0, 0.1) is 5.41 Å². The second kappa shape index (κ2) is 4.79. The Labute approximate surface area is 105 Å². The van der Waals surface area contributed by atoms with Crippen LogP contribution in [-0.4, -0.2) is 9.97 Å². The van der Waals surface area contributed by atoms with Crippen molar-refractivity contribution in [2.75, 3.05) is 0 Å². The lowest BCUT2D eigenvalue weighted by Crippen LogP contribution is -2.13. The van der Waals surface area contributed by atoms with Gasteiger partial charge in [0.2, 0.25) is 0 Å². The quantitative estimate of drug-likeness (QED) is 0.768. The second-order valence-corrected chi connectivity index (χ2v) is 5.93. The van der Waals surface area contributed by atoms with E-state index < -0.39 is 0 Å². The summed E-state index contributed by atoms with van der Waals surface area (Å²) < 4.78 is 0.823. The van der Waals surface area contributed by atoms with Crippen molar-refractivity contribution < 1.29 is 0 Å². The van der Waals surface area contributed by atoms with E-state index in [1.54, 1.807) is 0 Å². The van der Waals surface area contributed by atoms with Gasteiger partial charge in [0.05, 0.1) is 10.2 Å². The lowest BCUT2D eigenvalue weighted by Gasteiger charge is -2.17. The molecule has 0 amide bonds. The Balaban J connectivity index is 3.06. The molecule has 0 aliphatic carbocycles. The zero-order chi connectivity index (χ0) is 11.6. The first-order chi connectivity index (χ1) is 6.83. The third-order valence-electron chi connectivity index (χ3n) is 1.95. The fourth-order valence-electron chi connectivity index (χ4n) is 1.30. The van der Waals surface area contributed by atoms with Gasteiger partial charge < -0.3 is 0 Å². The van der Waals surface area contributed by atoms with Gasteiger partial charge in [-0.15, -0.1) is 0 Å². The van der Waals surface area contributed by atoms with Crippen molar-refractivity contribution in [3.63, 3.8) is 0 Å². The van der Waals surface area contributed by atoms with E-state index in [1.807, 2.05) is 0 Å². The molecule has 0 radical (unpaired) electrons. The van der Waals surface area contributed by atoms with Gasteiger partial charge in [-0.2, -0.15) is 0 Å². The molecule has 0 unspecified atom stereocenters. The molecule has 0 saturated carbocycles. The van der Waals surface area contributed by atoms with Crippen molar-refractivity contribution in [2.24, 2.45) is 5.41 Å². The van der Waals surface area contributed by atoms with Crippen molar-refractivity contribution in [2.45, 2.75) is 40.5 Å². The molecule has 1 rings (SSSR count). The van der Waals surface area contributed by atoms with Crippen LogP contribution in [-0.2, 0) is 12.8 Å². The highest BCUT2D eigenvalue weighted by Crippen LogP contribution is 2.26. The van der Waals surface area contributed by atoms with Crippen LogP contribution in [0.15, 0.2) is 4.47 Å². The molecule has 0 bridgehead atoms. The molecule has 0 aromatic carbocycles. The highest BCUT2D eigenvalue weighted by molar-refractivity contribution is 9.10. The molecule has 1 aromatic heterocycles. The van der Waals surface area contributed by atoms with E-state index in [0.29, 0.717) is 5.15 Å². The first-order valence-electron chi connectivity index (χ1n) is 5.04. The number of hydrogen-bond donors (Lipinski definition) is 0. The van der Waals surface area contributed by atoms with Gasteiger partial charge in [-0.25, -0.2) is 9.97 Å². The van der Waals surface area contributed by atoms with Crippen molar-refractivity contribution >= 4 is 27.5 Å². The minimum Gasteiger partial charge on any atom is -0.237 e. The fourth-order valence-corrected chi connectivity index (χ4v) is 1.96. The van der Waals surface area contributed by atoms with Crippen molar-refractivity contribution in [3.8, 4) is 0 Å². The van der Waals surface area contributed by atoms with Crippen LogP contribution in [0.1, 0.15) is 39.2 Å². The largest absolute Gasteiger partial charge is 0.237 e. The van der Waals surface area contributed by atoms with Gasteiger partial charge in [0, 0.05) is 6.42 Å². The Morgan fingerprint density at radius 3 is 2.33 bits per heavy atom. The first kappa shape index (κ1) is 12.9. The molecular formula is C11H16BrClN2. The van der Waals surface area contributed by atoms with Crippen LogP contribution in [0.4, 0.5) is 0 Å². The summed E-state index contributed by atoms with van der Waals surface area (Å²) in [4.78, 5) is 8.77. The number of halogens is 2. The van der Waals surface area contributed by atoms with Crippen LogP contribution in [0.5, 0.6) is 0 Å². The predicted molar refractivity (Wildman–Crippen MR) is 67.3 cm³/mol. The monoisotopic (exact) mass is 290 g/mol. The second-order valence-electron chi connectivity index (χ2n) is 4.78. The molecule has 0 saturated heterocycles. The Morgan fingerprint density at radius 1 is 1.27 bits per heavy atom. The molecule has 0 N–H and O–H groups in total. The van der Waals surface area contributed by atoms with E-state index in [1.165, 1.54) is 0 Å². The molecular weight excluding hydrogens is 275 g/mol. The Bertz CT molecular complexity index is 358. The number of hydrogen-bond acceptors (Lipinski definition) is 2. The third kappa shape index (κ3) is 3.72. The van der Waals surface area contributed by atoms with Gasteiger partial charge >= 0.3 is 0 Å². The standard InChI is InChI=1S/C11H16BrClN2/c1-5-7-9(12)10(13)15-8(14-7)6-11(2,3)4/h5-6H2,1-4H3. The van der Waals surface area contributed by atoms with Crippen molar-refractivity contribution in [1.82, 2.24) is 9.97 Å². The summed E-state index contributed by atoms with van der Waals surface area (Å²) in [6.07, 6.45) is 1.70. The van der Waals surface area contributed by atoms with Gasteiger partial charge in [0.15, 0.2) is 0 Å². The molecule has 4 heteroatoms. The summed E-state index contributed by atoms with van der Waals surface area (Å²) in [5.41, 5.74) is 1.16. The van der Waals surface area contributed by atoms with Gasteiger partial charge in [-0.3, -0.25) is 0 Å². The van der Waals surface area contributed by atoms with Crippen LogP contribution in [0.25, 0.3) is 0 Å². The average Bonchev–Trinajstić information content (AvgIpc) is 2.08. The van der Waals surface area contributed by atoms with E-state index in [9.17, 15) is 0 Å². The summed E-state index contributed by atoms with van der Waals surface area (Å²) in [7, 11) is 0. The molecule has 1 heterocycles. The van der Waals surface area contributed by atoms with Crippen molar-refractivity contribution in [3.05, 3.63) is 21.1 Å². The lowest BCUT2D eigenvalue weighted by atomic mass is 9.92. The maximum atomic E-state index is 6.03. The molecule has 0 aliphatic heterocycles. The fraction of sp³-hybridized carbons (Fsp3) is 0.636. The van der Waals surface area contributed by atoms with Crippen LogP contribution < -0.4 is 0 Å². The molecule has 2 nitrogen and oxygen atoms in total. The summed E-state index contributed by atoms with van der Waals surface area (Å²) in [5, 5.41) is 0.515. The van der Waals surface area contributed by atoms with Crippen molar-refractivity contribution in [1.29, 1.82) is 0 Å². The van der Waals surface area contributed by atoms with E-state index in [0.717, 1.165) is 28.8 Å². The van der Waals surface area contributed by atoms with Gasteiger partial charge in [-0.1, -0.05) is 39.3 Å². The zero-order valence-electron chi connectivity index (χ0n) is 9.56. The maximum absolute atomic E-state index is 6.03. The smallest absolute Gasteiger partial charge is 0.147 e. The van der Waals surface area contributed by atoms with Crippen LogP contribution >= 0.6 is 27.5 Å². The van der Waals surface area contributed by atoms with E-state index >= 15 is 0 Å². The normalized spacial score (nSPS) is 11.9. The van der Waals surface area contributed by atoms with Crippen LogP contribution in [0.3, 0.4) is 0 Å². The number of aryl methyl sites for hydroxylation is 1. The highest BCUT2D eigenvalue weighted by Gasteiger charge is 2.16. The Morgan fingerprint density at radius 2 is 1.87 bits per heavy atom. The molecule has 1 aromatic rings. The molecule has 0 fully saturated rings. The third-order valence-corrected chi connectivity index (χ3v) is 3.28. The Kier molecular flexibility index (Phi) is 4.13. The van der Waals surface area contributed by atoms with Gasteiger partial charge in [-0.05, 0) is 27.8 Å². The summed E-state index contributed by atoms with van der Waals surface area (Å²) in [5.74, 6) is 0.826. The number of rotatable bonds is 2. The van der Waals surface area contributed by atoms with E-state index in [2.05, 4.69) is 53.6 Å². The molecule has 0 aliphatic rings. The first-order valence-corrected chi connectivity index (χ1v) is 6.21. The zero-order valence-corrected chi connectivity index (χ0v) is 11.9. The minimum absolute atomic E-state index is 0.183. The average molecular weight is 292 g/mol. The molecule has 84 valence electrons. The SMILES string of the molecule is CCc1nc(CC(C)(C)C)nc(Cl)c1Br. The summed E-state index contributed by atoms with van der Waals surface area (Å²) in [6, 6.07) is 0. The molecule has 0 atom stereocenters. The maximum Gasteiger partial charge on any atom is 0.147 e. The molecule has 0 spiro atoms. The lowest BCUT2D eigenvalue weighted by molar-refractivity contribution is 0.400. The van der Waals surface area contributed by atoms with Gasteiger partial charge in [0.1, 0.15) is 11.0 Å². The highest BCUT2D eigenvalue weighted by atomic mass is 79.9. The van der Waals surface area contributed by atoms with Crippen LogP contribution in [0.2, 0.25) is 5.15 Å². The molecule has 15 heavy (non-hydrogen) atoms. The predicted octanol–water partition coefficient (Wildman–Crippen LogP) is 4.04. The summed E-state index contributed by atoms with van der Waals surface area (Å²) in [6.45, 7) is 8.55. The topological polar surface area (TPSA) is 25.8 Å². The Hall–Kier alpha value is -0.150. The number of aromatic nitrogens is 2. The summed E-state index contributed by atoms with van der Waals surface area (Å²) >= 11 is 9.43.